The molecule has 4 aromatic rings. The van der Waals surface area contributed by atoms with Gasteiger partial charge in [-0.05, 0) is 18.9 Å². The zero-order chi connectivity index (χ0) is 26.2. The standard InChI is InChI=1S/C27H32N8O3/c1-4-34-23(19-10-11-32(2)21(36)16-19)28-22-24(33-12-14-38-15-13-33)29-27(30-25(22)34)35-17-20(26(31-35)37-3)18-8-6-5-7-9-18/h5-9,17,19H,4,10-16H2,1-3H3. The predicted molar refractivity (Wildman–Crippen MR) is 143 cm³/mol. The van der Waals surface area contributed by atoms with Crippen LogP contribution in [0.15, 0.2) is 36.5 Å². The summed E-state index contributed by atoms with van der Waals surface area (Å²) in [6.45, 7) is 6.16. The fourth-order valence-electron chi connectivity index (χ4n) is 5.30. The number of nitrogens with zero attached hydrogens (tertiary/aromatic N) is 8. The Bertz CT molecular complexity index is 1460. The Hall–Kier alpha value is -3.99. The van der Waals surface area contributed by atoms with Gasteiger partial charge >= 0.3 is 0 Å². The number of piperidine rings is 1. The first kappa shape index (κ1) is 24.4. The van der Waals surface area contributed by atoms with Gasteiger partial charge in [-0.1, -0.05) is 30.3 Å². The van der Waals surface area contributed by atoms with E-state index in [1.54, 1.807) is 16.7 Å². The Kier molecular flexibility index (Phi) is 6.44. The second-order valence-corrected chi connectivity index (χ2v) is 9.70. The molecule has 0 spiro atoms. The van der Waals surface area contributed by atoms with E-state index in [0.29, 0.717) is 51.1 Å². The Balaban J connectivity index is 1.51. The molecule has 11 heteroatoms. The molecule has 0 bridgehead atoms. The van der Waals surface area contributed by atoms with Gasteiger partial charge in [-0.25, -0.2) is 9.67 Å². The number of rotatable bonds is 6. The Labute approximate surface area is 221 Å². The van der Waals surface area contributed by atoms with E-state index in [2.05, 4.69) is 21.5 Å². The summed E-state index contributed by atoms with van der Waals surface area (Å²) >= 11 is 0. The first-order chi connectivity index (χ1) is 18.6. The molecule has 0 radical (unpaired) electrons. The minimum Gasteiger partial charge on any atom is -0.479 e. The molecule has 2 fully saturated rings. The van der Waals surface area contributed by atoms with Crippen molar-refractivity contribution in [3.05, 3.63) is 42.4 Å². The van der Waals surface area contributed by atoms with Gasteiger partial charge in [-0.15, -0.1) is 5.10 Å². The van der Waals surface area contributed by atoms with Crippen LogP contribution in [0.2, 0.25) is 0 Å². The first-order valence-corrected chi connectivity index (χ1v) is 13.1. The van der Waals surface area contributed by atoms with E-state index in [9.17, 15) is 4.79 Å². The van der Waals surface area contributed by atoms with Crippen molar-refractivity contribution in [2.24, 2.45) is 0 Å². The van der Waals surface area contributed by atoms with E-state index in [4.69, 9.17) is 24.4 Å². The molecule has 0 aliphatic carbocycles. The van der Waals surface area contributed by atoms with Crippen molar-refractivity contribution in [2.75, 3.05) is 51.9 Å². The number of amides is 1. The van der Waals surface area contributed by atoms with Gasteiger partial charge in [0.1, 0.15) is 5.82 Å². The zero-order valence-electron chi connectivity index (χ0n) is 22.0. The van der Waals surface area contributed by atoms with Crippen LogP contribution in [0.3, 0.4) is 0 Å². The van der Waals surface area contributed by atoms with Crippen molar-refractivity contribution >= 4 is 22.9 Å². The number of fused-ring (bicyclic) bond motifs is 1. The highest BCUT2D eigenvalue weighted by Gasteiger charge is 2.31. The highest BCUT2D eigenvalue weighted by atomic mass is 16.5. The SMILES string of the molecule is CCn1c(C2CCN(C)C(=O)C2)nc2c(N3CCOCC3)nc(-n3cc(-c4ccccc4)c(OC)n3)nc21. The Morgan fingerprint density at radius 1 is 1.08 bits per heavy atom. The summed E-state index contributed by atoms with van der Waals surface area (Å²) in [7, 11) is 3.47. The lowest BCUT2D eigenvalue weighted by molar-refractivity contribution is -0.132. The van der Waals surface area contributed by atoms with Crippen molar-refractivity contribution in [1.29, 1.82) is 0 Å². The normalized spacial score (nSPS) is 18.4. The average Bonchev–Trinajstić information content (AvgIpc) is 3.56. The number of anilines is 1. The third kappa shape index (κ3) is 4.26. The summed E-state index contributed by atoms with van der Waals surface area (Å²) in [5.41, 5.74) is 3.36. The molecule has 1 unspecified atom stereocenters. The number of methoxy groups -OCH3 is 1. The van der Waals surface area contributed by atoms with Gasteiger partial charge in [-0.3, -0.25) is 4.79 Å². The molecule has 3 aromatic heterocycles. The van der Waals surface area contributed by atoms with Crippen LogP contribution in [0, 0.1) is 0 Å². The summed E-state index contributed by atoms with van der Waals surface area (Å²) in [6.07, 6.45) is 3.22. The van der Waals surface area contributed by atoms with E-state index in [1.807, 2.05) is 43.6 Å². The van der Waals surface area contributed by atoms with Crippen LogP contribution < -0.4 is 9.64 Å². The molecule has 11 nitrogen and oxygen atoms in total. The molecule has 5 heterocycles. The number of carbonyl (C=O) groups is 1. The molecule has 0 saturated carbocycles. The molecular formula is C27H32N8O3. The maximum absolute atomic E-state index is 12.5. The summed E-state index contributed by atoms with van der Waals surface area (Å²) in [6, 6.07) is 10.00. The van der Waals surface area contributed by atoms with Crippen molar-refractivity contribution in [2.45, 2.75) is 32.2 Å². The van der Waals surface area contributed by atoms with E-state index in [-0.39, 0.29) is 11.8 Å². The van der Waals surface area contributed by atoms with Crippen LogP contribution in [0.1, 0.15) is 31.5 Å². The smallest absolute Gasteiger partial charge is 0.254 e. The summed E-state index contributed by atoms with van der Waals surface area (Å²) in [4.78, 5) is 31.6. The fraction of sp³-hybridized carbons (Fsp3) is 0.444. The molecule has 198 valence electrons. The second kappa shape index (κ2) is 10.1. The number of hydrogen-bond acceptors (Lipinski definition) is 8. The first-order valence-electron chi connectivity index (χ1n) is 13.1. The predicted octanol–water partition coefficient (Wildman–Crippen LogP) is 2.88. The number of imidazole rings is 1. The molecule has 2 saturated heterocycles. The molecule has 0 N–H and O–H groups in total. The molecular weight excluding hydrogens is 484 g/mol. The van der Waals surface area contributed by atoms with Gasteiger partial charge in [0, 0.05) is 51.8 Å². The zero-order valence-corrected chi connectivity index (χ0v) is 22.0. The number of hydrogen-bond donors (Lipinski definition) is 0. The highest BCUT2D eigenvalue weighted by Crippen LogP contribution is 2.34. The minimum atomic E-state index is 0.0447. The number of ether oxygens (including phenoxy) is 2. The number of aromatic nitrogens is 6. The Morgan fingerprint density at radius 2 is 1.87 bits per heavy atom. The van der Waals surface area contributed by atoms with Gasteiger partial charge in [0.25, 0.3) is 5.95 Å². The molecule has 2 aliphatic rings. The van der Waals surface area contributed by atoms with Gasteiger partial charge in [-0.2, -0.15) is 9.97 Å². The quantitative estimate of drug-likeness (QED) is 0.385. The van der Waals surface area contributed by atoms with E-state index in [1.165, 1.54) is 0 Å². The third-order valence-corrected chi connectivity index (χ3v) is 7.41. The summed E-state index contributed by atoms with van der Waals surface area (Å²) in [5.74, 6) is 2.80. The van der Waals surface area contributed by atoms with Gasteiger partial charge in [0.15, 0.2) is 17.0 Å². The highest BCUT2D eigenvalue weighted by molar-refractivity contribution is 5.85. The van der Waals surface area contributed by atoms with Crippen molar-refractivity contribution in [3.8, 4) is 23.0 Å². The van der Waals surface area contributed by atoms with Crippen molar-refractivity contribution in [1.82, 2.24) is 34.2 Å². The number of benzene rings is 1. The number of aryl methyl sites for hydroxylation is 1. The maximum atomic E-state index is 12.5. The minimum absolute atomic E-state index is 0.0447. The molecule has 2 aliphatic heterocycles. The van der Waals surface area contributed by atoms with Crippen LogP contribution in [0.5, 0.6) is 5.88 Å². The number of carbonyl (C=O) groups excluding carboxylic acids is 1. The van der Waals surface area contributed by atoms with E-state index >= 15 is 0 Å². The lowest BCUT2D eigenvalue weighted by atomic mass is 9.95. The molecule has 6 rings (SSSR count). The topological polar surface area (TPSA) is 103 Å². The van der Waals surface area contributed by atoms with Crippen LogP contribution in [-0.2, 0) is 16.1 Å². The maximum Gasteiger partial charge on any atom is 0.254 e. The third-order valence-electron chi connectivity index (χ3n) is 7.41. The van der Waals surface area contributed by atoms with Crippen LogP contribution in [0.4, 0.5) is 5.82 Å². The van der Waals surface area contributed by atoms with Crippen LogP contribution in [0.25, 0.3) is 28.2 Å². The van der Waals surface area contributed by atoms with Gasteiger partial charge in [0.2, 0.25) is 11.8 Å². The second-order valence-electron chi connectivity index (χ2n) is 9.70. The Morgan fingerprint density at radius 3 is 2.58 bits per heavy atom. The number of morpholine rings is 1. The van der Waals surface area contributed by atoms with Crippen molar-refractivity contribution < 1.29 is 14.3 Å². The van der Waals surface area contributed by atoms with E-state index < -0.39 is 0 Å². The van der Waals surface area contributed by atoms with Crippen LogP contribution >= 0.6 is 0 Å². The molecule has 1 amide bonds. The average molecular weight is 517 g/mol. The lowest BCUT2D eigenvalue weighted by Gasteiger charge is -2.28. The summed E-state index contributed by atoms with van der Waals surface area (Å²) in [5, 5.41) is 4.69. The van der Waals surface area contributed by atoms with Gasteiger partial charge in [0.05, 0.1) is 25.9 Å². The molecule has 38 heavy (non-hydrogen) atoms. The van der Waals surface area contributed by atoms with Crippen molar-refractivity contribution in [3.63, 3.8) is 0 Å². The lowest BCUT2D eigenvalue weighted by Crippen LogP contribution is -2.37. The fourth-order valence-corrected chi connectivity index (χ4v) is 5.30. The monoisotopic (exact) mass is 516 g/mol. The number of likely N-dealkylation sites (tertiary alicyclic amines) is 1. The van der Waals surface area contributed by atoms with E-state index in [0.717, 1.165) is 46.9 Å². The summed E-state index contributed by atoms with van der Waals surface area (Å²) < 4.78 is 15.0. The molecule has 1 aromatic carbocycles. The van der Waals surface area contributed by atoms with Gasteiger partial charge < -0.3 is 23.8 Å². The molecule has 1 atom stereocenters. The largest absolute Gasteiger partial charge is 0.479 e. The van der Waals surface area contributed by atoms with Crippen LogP contribution in [-0.4, -0.2) is 87.1 Å².